The van der Waals surface area contributed by atoms with Gasteiger partial charge in [-0.1, -0.05) is 0 Å². The normalized spacial score (nSPS) is 9.75. The lowest BCUT2D eigenvalue weighted by Crippen LogP contribution is -2.30. The molecule has 1 aromatic rings. The Bertz CT molecular complexity index is 233. The zero-order chi connectivity index (χ0) is 8.81. The molecule has 1 heterocycles. The average Bonchev–Trinajstić information content (AvgIpc) is 2.53. The van der Waals surface area contributed by atoms with Crippen molar-refractivity contribution >= 4 is 5.91 Å². The molecule has 0 aromatic carbocycles. The topological polar surface area (TPSA) is 67.2 Å². The zero-order valence-electron chi connectivity index (χ0n) is 6.60. The van der Waals surface area contributed by atoms with Crippen molar-refractivity contribution in [1.29, 1.82) is 0 Å². The van der Waals surface area contributed by atoms with E-state index >= 15 is 0 Å². The summed E-state index contributed by atoms with van der Waals surface area (Å²) in [4.78, 5) is 11.0. The van der Waals surface area contributed by atoms with Gasteiger partial charge in [-0.05, 0) is 6.07 Å². The highest BCUT2D eigenvalue weighted by molar-refractivity contribution is 5.75. The number of nitrogens with one attached hydrogen (secondary N) is 1. The van der Waals surface area contributed by atoms with Crippen LogP contribution in [0.5, 0.6) is 0 Å². The van der Waals surface area contributed by atoms with E-state index in [0.29, 0.717) is 6.54 Å². The molecule has 5 nitrogen and oxygen atoms in total. The van der Waals surface area contributed by atoms with Gasteiger partial charge in [-0.25, -0.2) is 0 Å². The van der Waals surface area contributed by atoms with Crippen LogP contribution in [-0.2, 0) is 11.3 Å². The highest BCUT2D eigenvalue weighted by atomic mass is 16.3. The maximum Gasteiger partial charge on any atom is 0.241 e. The van der Waals surface area contributed by atoms with Gasteiger partial charge in [0.15, 0.2) is 0 Å². The van der Waals surface area contributed by atoms with Gasteiger partial charge in [-0.15, -0.1) is 0 Å². The van der Waals surface area contributed by atoms with Crippen molar-refractivity contribution < 1.29 is 9.90 Å². The Balaban J connectivity index is 2.27. The minimum Gasteiger partial charge on any atom is -0.395 e. The predicted molar refractivity (Wildman–Crippen MR) is 42.3 cm³/mol. The number of nitrogens with zero attached hydrogens (tertiary/aromatic N) is 2. The molecule has 1 amide bonds. The molecule has 0 atom stereocenters. The Hall–Kier alpha value is -1.36. The van der Waals surface area contributed by atoms with Crippen LogP contribution < -0.4 is 5.32 Å². The number of carbonyl (C=O) groups excluding carboxylic acids is 1. The third-order valence-electron chi connectivity index (χ3n) is 1.30. The quantitative estimate of drug-likeness (QED) is 0.607. The van der Waals surface area contributed by atoms with Gasteiger partial charge in [-0.3, -0.25) is 9.48 Å². The van der Waals surface area contributed by atoms with Crippen molar-refractivity contribution in [2.24, 2.45) is 0 Å². The number of hydrogen-bond donors (Lipinski definition) is 2. The van der Waals surface area contributed by atoms with Crippen molar-refractivity contribution in [2.45, 2.75) is 6.54 Å². The molecular weight excluding hydrogens is 158 g/mol. The third-order valence-corrected chi connectivity index (χ3v) is 1.30. The van der Waals surface area contributed by atoms with E-state index in [2.05, 4.69) is 10.4 Å². The molecule has 0 fully saturated rings. The first-order chi connectivity index (χ1) is 5.83. The van der Waals surface area contributed by atoms with Gasteiger partial charge in [0.25, 0.3) is 0 Å². The second-order valence-electron chi connectivity index (χ2n) is 2.28. The number of aromatic nitrogens is 2. The molecule has 0 saturated heterocycles. The monoisotopic (exact) mass is 169 g/mol. The fourth-order valence-electron chi connectivity index (χ4n) is 0.792. The number of rotatable bonds is 4. The molecular formula is C7H11N3O2. The Morgan fingerprint density at radius 2 is 2.50 bits per heavy atom. The van der Waals surface area contributed by atoms with E-state index < -0.39 is 0 Å². The van der Waals surface area contributed by atoms with Crippen molar-refractivity contribution in [3.05, 3.63) is 18.5 Å². The van der Waals surface area contributed by atoms with Crippen LogP contribution in [0.3, 0.4) is 0 Å². The fourth-order valence-corrected chi connectivity index (χ4v) is 0.792. The number of hydrogen-bond acceptors (Lipinski definition) is 3. The molecule has 0 unspecified atom stereocenters. The minimum absolute atomic E-state index is 0.0369. The molecule has 2 N–H and O–H groups in total. The van der Waals surface area contributed by atoms with Gasteiger partial charge in [0, 0.05) is 18.9 Å². The van der Waals surface area contributed by atoms with E-state index in [1.807, 2.05) is 0 Å². The van der Waals surface area contributed by atoms with E-state index in [1.165, 1.54) is 4.68 Å². The minimum atomic E-state index is -0.146. The second kappa shape index (κ2) is 4.50. The largest absolute Gasteiger partial charge is 0.395 e. The van der Waals surface area contributed by atoms with Gasteiger partial charge < -0.3 is 10.4 Å². The molecule has 66 valence electrons. The van der Waals surface area contributed by atoms with E-state index in [-0.39, 0.29) is 19.1 Å². The molecule has 0 aliphatic heterocycles. The Morgan fingerprint density at radius 3 is 3.08 bits per heavy atom. The lowest BCUT2D eigenvalue weighted by atomic mass is 10.5. The lowest BCUT2D eigenvalue weighted by molar-refractivity contribution is -0.122. The van der Waals surface area contributed by atoms with E-state index in [9.17, 15) is 4.79 Å². The molecule has 0 spiro atoms. The van der Waals surface area contributed by atoms with Crippen molar-refractivity contribution in [2.75, 3.05) is 13.2 Å². The smallest absolute Gasteiger partial charge is 0.241 e. The van der Waals surface area contributed by atoms with Gasteiger partial charge in [0.05, 0.1) is 6.61 Å². The molecule has 0 aliphatic rings. The number of aliphatic hydroxyl groups excluding tert-OH is 1. The molecule has 1 rings (SSSR count). The standard InChI is InChI=1S/C7H11N3O2/c11-5-3-8-7(12)6-10-4-1-2-9-10/h1-2,4,11H,3,5-6H2,(H,8,12). The maximum atomic E-state index is 11.0. The van der Waals surface area contributed by atoms with Crippen molar-refractivity contribution in [3.63, 3.8) is 0 Å². The van der Waals surface area contributed by atoms with Crippen LogP contribution in [0.2, 0.25) is 0 Å². The number of amides is 1. The predicted octanol–water partition coefficient (Wildman–Crippen LogP) is -1.01. The van der Waals surface area contributed by atoms with Crippen molar-refractivity contribution in [1.82, 2.24) is 15.1 Å². The van der Waals surface area contributed by atoms with Gasteiger partial charge in [-0.2, -0.15) is 5.10 Å². The summed E-state index contributed by atoms with van der Waals surface area (Å²) in [5, 5.41) is 14.8. The molecule has 0 saturated carbocycles. The van der Waals surface area contributed by atoms with E-state index in [1.54, 1.807) is 18.5 Å². The van der Waals surface area contributed by atoms with Gasteiger partial charge in [0.2, 0.25) is 5.91 Å². The van der Waals surface area contributed by atoms with Gasteiger partial charge >= 0.3 is 0 Å². The highest BCUT2D eigenvalue weighted by Gasteiger charge is 1.99. The molecule has 5 heteroatoms. The summed E-state index contributed by atoms with van der Waals surface area (Å²) in [5.41, 5.74) is 0. The summed E-state index contributed by atoms with van der Waals surface area (Å²) in [7, 11) is 0. The molecule has 1 aromatic heterocycles. The number of carbonyl (C=O) groups is 1. The van der Waals surface area contributed by atoms with Crippen LogP contribution in [0.1, 0.15) is 0 Å². The third kappa shape index (κ3) is 2.71. The van der Waals surface area contributed by atoms with Crippen LogP contribution in [-0.4, -0.2) is 33.9 Å². The summed E-state index contributed by atoms with van der Waals surface area (Å²) < 4.78 is 1.52. The average molecular weight is 169 g/mol. The molecule has 0 aliphatic carbocycles. The van der Waals surface area contributed by atoms with Crippen LogP contribution in [0.25, 0.3) is 0 Å². The van der Waals surface area contributed by atoms with E-state index in [4.69, 9.17) is 5.11 Å². The first-order valence-electron chi connectivity index (χ1n) is 3.68. The van der Waals surface area contributed by atoms with Crippen LogP contribution >= 0.6 is 0 Å². The summed E-state index contributed by atoms with van der Waals surface area (Å²) in [5.74, 6) is -0.146. The Labute approximate surface area is 70.0 Å². The summed E-state index contributed by atoms with van der Waals surface area (Å²) >= 11 is 0. The van der Waals surface area contributed by atoms with E-state index in [0.717, 1.165) is 0 Å². The Morgan fingerprint density at radius 1 is 1.67 bits per heavy atom. The van der Waals surface area contributed by atoms with Gasteiger partial charge in [0.1, 0.15) is 6.54 Å². The van der Waals surface area contributed by atoms with Crippen LogP contribution in [0.15, 0.2) is 18.5 Å². The summed E-state index contributed by atoms with van der Waals surface area (Å²) in [6, 6.07) is 1.75. The summed E-state index contributed by atoms with van der Waals surface area (Å²) in [6.07, 6.45) is 3.32. The Kier molecular flexibility index (Phi) is 3.28. The maximum absolute atomic E-state index is 11.0. The zero-order valence-corrected chi connectivity index (χ0v) is 6.60. The van der Waals surface area contributed by atoms with Crippen molar-refractivity contribution in [3.8, 4) is 0 Å². The van der Waals surface area contributed by atoms with Crippen LogP contribution in [0, 0.1) is 0 Å². The number of aliphatic hydroxyl groups is 1. The summed E-state index contributed by atoms with van der Waals surface area (Å²) in [6.45, 7) is 0.456. The lowest BCUT2D eigenvalue weighted by Gasteiger charge is -2.02. The molecule has 0 radical (unpaired) electrons. The molecule has 12 heavy (non-hydrogen) atoms. The first-order valence-corrected chi connectivity index (χ1v) is 3.68. The van der Waals surface area contributed by atoms with Crippen LogP contribution in [0.4, 0.5) is 0 Å². The molecule has 0 bridgehead atoms. The SMILES string of the molecule is O=C(Cn1cccn1)NCCO. The first kappa shape index (κ1) is 8.73. The fraction of sp³-hybridized carbons (Fsp3) is 0.429. The highest BCUT2D eigenvalue weighted by Crippen LogP contribution is 1.83. The second-order valence-corrected chi connectivity index (χ2v) is 2.28.